The number of hydrogen-bond donors (Lipinski definition) is 1. The van der Waals surface area contributed by atoms with E-state index in [9.17, 15) is 18.0 Å². The maximum Gasteiger partial charge on any atom is 0.322 e. The Bertz CT molecular complexity index is 404. The number of methoxy groups -OCH3 is 1. The molecule has 1 fully saturated rings. The van der Waals surface area contributed by atoms with Crippen LogP contribution in [0.5, 0.6) is 0 Å². The van der Waals surface area contributed by atoms with Crippen molar-refractivity contribution < 1.29 is 27.9 Å². The van der Waals surface area contributed by atoms with E-state index in [0.29, 0.717) is 12.8 Å². The Hall–Kier alpha value is -1.15. The standard InChI is InChI=1S/C9H15NO6S/c1-16-8(11)4-6-17(14,15)10-5-2-3-7(10)9(12)13/h7H,2-6H2,1H3,(H,12,13)/t7-/m1/s1. The Morgan fingerprint density at radius 2 is 2.12 bits per heavy atom. The first kappa shape index (κ1) is 13.9. The van der Waals surface area contributed by atoms with E-state index in [1.165, 1.54) is 7.11 Å². The van der Waals surface area contributed by atoms with Crippen molar-refractivity contribution in [3.05, 3.63) is 0 Å². The number of carbonyl (C=O) groups is 2. The van der Waals surface area contributed by atoms with Gasteiger partial charge in [-0.15, -0.1) is 0 Å². The summed E-state index contributed by atoms with van der Waals surface area (Å²) >= 11 is 0. The first-order valence-corrected chi connectivity index (χ1v) is 6.78. The third kappa shape index (κ3) is 3.40. The van der Waals surface area contributed by atoms with Crippen LogP contribution in [0, 0.1) is 0 Å². The molecule has 0 aromatic rings. The molecule has 1 N–H and O–H groups in total. The number of rotatable bonds is 5. The number of carbonyl (C=O) groups excluding carboxylic acids is 1. The Labute approximate surface area is 99.4 Å². The predicted molar refractivity (Wildman–Crippen MR) is 57.8 cm³/mol. The molecule has 7 nitrogen and oxygen atoms in total. The van der Waals surface area contributed by atoms with E-state index in [1.54, 1.807) is 0 Å². The number of aliphatic carboxylic acids is 1. The molecule has 0 radical (unpaired) electrons. The second-order valence-electron chi connectivity index (χ2n) is 3.75. The number of nitrogens with zero attached hydrogens (tertiary/aromatic N) is 1. The summed E-state index contributed by atoms with van der Waals surface area (Å²) in [4.78, 5) is 21.7. The fourth-order valence-corrected chi connectivity index (χ4v) is 3.40. The second kappa shape index (κ2) is 5.46. The van der Waals surface area contributed by atoms with Crippen molar-refractivity contribution >= 4 is 22.0 Å². The molecule has 0 aliphatic carbocycles. The molecule has 8 heteroatoms. The van der Waals surface area contributed by atoms with Gasteiger partial charge in [-0.1, -0.05) is 0 Å². The first-order chi connectivity index (χ1) is 7.88. The lowest BCUT2D eigenvalue weighted by Gasteiger charge is -2.20. The summed E-state index contributed by atoms with van der Waals surface area (Å²) in [5.41, 5.74) is 0. The van der Waals surface area contributed by atoms with E-state index in [0.717, 1.165) is 4.31 Å². The lowest BCUT2D eigenvalue weighted by Crippen LogP contribution is -2.41. The summed E-state index contributed by atoms with van der Waals surface area (Å²) in [6.07, 6.45) is 0.572. The van der Waals surface area contributed by atoms with Crippen molar-refractivity contribution in [2.75, 3.05) is 19.4 Å². The van der Waals surface area contributed by atoms with Gasteiger partial charge in [-0.05, 0) is 12.8 Å². The summed E-state index contributed by atoms with van der Waals surface area (Å²) in [7, 11) is -2.54. The van der Waals surface area contributed by atoms with Gasteiger partial charge >= 0.3 is 11.9 Å². The highest BCUT2D eigenvalue weighted by atomic mass is 32.2. The topological polar surface area (TPSA) is 101 Å². The zero-order chi connectivity index (χ0) is 13.1. The largest absolute Gasteiger partial charge is 0.480 e. The average Bonchev–Trinajstić information content (AvgIpc) is 2.75. The summed E-state index contributed by atoms with van der Waals surface area (Å²) in [5, 5.41) is 8.87. The number of esters is 1. The summed E-state index contributed by atoms with van der Waals surface area (Å²) in [5.74, 6) is -2.19. The molecular weight excluding hydrogens is 250 g/mol. The Balaban J connectivity index is 2.69. The fourth-order valence-electron chi connectivity index (χ4n) is 1.75. The fraction of sp³-hybridized carbons (Fsp3) is 0.778. The second-order valence-corrected chi connectivity index (χ2v) is 5.79. The molecule has 0 aromatic heterocycles. The number of carboxylic acid groups (broad SMARTS) is 1. The van der Waals surface area contributed by atoms with Crippen LogP contribution in [-0.2, 0) is 24.3 Å². The molecule has 1 heterocycles. The van der Waals surface area contributed by atoms with E-state index in [2.05, 4.69) is 4.74 Å². The molecule has 1 atom stereocenters. The van der Waals surface area contributed by atoms with E-state index in [4.69, 9.17) is 5.11 Å². The summed E-state index contributed by atoms with van der Waals surface area (Å²) in [6, 6.07) is -1.00. The number of ether oxygens (including phenoxy) is 1. The van der Waals surface area contributed by atoms with E-state index < -0.39 is 33.8 Å². The third-order valence-electron chi connectivity index (χ3n) is 2.64. The SMILES string of the molecule is COC(=O)CCS(=O)(=O)N1CCC[C@@H]1C(=O)O. The van der Waals surface area contributed by atoms with Crippen LogP contribution < -0.4 is 0 Å². The molecule has 0 aromatic carbocycles. The maximum atomic E-state index is 11.8. The Kier molecular flexibility index (Phi) is 4.47. The van der Waals surface area contributed by atoms with Gasteiger partial charge in [0.15, 0.2) is 0 Å². The van der Waals surface area contributed by atoms with E-state index >= 15 is 0 Å². The lowest BCUT2D eigenvalue weighted by atomic mass is 10.2. The monoisotopic (exact) mass is 265 g/mol. The molecule has 0 unspecified atom stereocenters. The minimum absolute atomic E-state index is 0.195. The van der Waals surface area contributed by atoms with Crippen molar-refractivity contribution in [1.82, 2.24) is 4.31 Å². The first-order valence-electron chi connectivity index (χ1n) is 5.17. The minimum atomic E-state index is -3.71. The third-order valence-corrected chi connectivity index (χ3v) is 4.51. The van der Waals surface area contributed by atoms with Gasteiger partial charge in [-0.25, -0.2) is 8.42 Å². The van der Waals surface area contributed by atoms with Gasteiger partial charge in [-0.2, -0.15) is 4.31 Å². The molecule has 1 saturated heterocycles. The lowest BCUT2D eigenvalue weighted by molar-refractivity contribution is -0.141. The molecule has 98 valence electrons. The van der Waals surface area contributed by atoms with Gasteiger partial charge in [0.05, 0.1) is 19.3 Å². The van der Waals surface area contributed by atoms with Gasteiger partial charge in [0.25, 0.3) is 0 Å². The molecule has 0 bridgehead atoms. The number of hydrogen-bond acceptors (Lipinski definition) is 5. The van der Waals surface area contributed by atoms with Crippen molar-refractivity contribution in [3.63, 3.8) is 0 Å². The average molecular weight is 265 g/mol. The van der Waals surface area contributed by atoms with Crippen LogP contribution in [-0.4, -0.2) is 55.2 Å². The van der Waals surface area contributed by atoms with Crippen molar-refractivity contribution in [2.24, 2.45) is 0 Å². The maximum absolute atomic E-state index is 11.8. The predicted octanol–water partition coefficient (Wildman–Crippen LogP) is -0.572. The van der Waals surface area contributed by atoms with Gasteiger partial charge in [0, 0.05) is 6.54 Å². The molecule has 1 aliphatic heterocycles. The van der Waals surface area contributed by atoms with Gasteiger partial charge < -0.3 is 9.84 Å². The number of carboxylic acids is 1. The van der Waals surface area contributed by atoms with Gasteiger partial charge in [0.2, 0.25) is 10.0 Å². The summed E-state index contributed by atoms with van der Waals surface area (Å²) in [6.45, 7) is 0.195. The van der Waals surface area contributed by atoms with Crippen LogP contribution >= 0.6 is 0 Å². The molecule has 0 spiro atoms. The Morgan fingerprint density at radius 3 is 2.65 bits per heavy atom. The Morgan fingerprint density at radius 1 is 1.47 bits per heavy atom. The van der Waals surface area contributed by atoms with Crippen LogP contribution in [0.3, 0.4) is 0 Å². The molecular formula is C9H15NO6S. The normalized spacial score (nSPS) is 21.4. The van der Waals surface area contributed by atoms with E-state index in [-0.39, 0.29) is 13.0 Å². The van der Waals surface area contributed by atoms with Crippen LogP contribution in [0.2, 0.25) is 0 Å². The van der Waals surface area contributed by atoms with Gasteiger partial charge in [-0.3, -0.25) is 9.59 Å². The van der Waals surface area contributed by atoms with Crippen LogP contribution in [0.25, 0.3) is 0 Å². The minimum Gasteiger partial charge on any atom is -0.480 e. The summed E-state index contributed by atoms with van der Waals surface area (Å²) < 4.78 is 28.9. The number of sulfonamides is 1. The van der Waals surface area contributed by atoms with Crippen LogP contribution in [0.1, 0.15) is 19.3 Å². The van der Waals surface area contributed by atoms with Crippen LogP contribution in [0.15, 0.2) is 0 Å². The van der Waals surface area contributed by atoms with Gasteiger partial charge in [0.1, 0.15) is 6.04 Å². The highest BCUT2D eigenvalue weighted by molar-refractivity contribution is 7.89. The van der Waals surface area contributed by atoms with E-state index in [1.807, 2.05) is 0 Å². The highest BCUT2D eigenvalue weighted by Crippen LogP contribution is 2.21. The van der Waals surface area contributed by atoms with Crippen LogP contribution in [0.4, 0.5) is 0 Å². The zero-order valence-corrected chi connectivity index (χ0v) is 10.3. The van der Waals surface area contributed by atoms with Crippen molar-refractivity contribution in [3.8, 4) is 0 Å². The zero-order valence-electron chi connectivity index (χ0n) is 9.46. The molecule has 1 rings (SSSR count). The molecule has 0 amide bonds. The van der Waals surface area contributed by atoms with Crippen molar-refractivity contribution in [2.45, 2.75) is 25.3 Å². The highest BCUT2D eigenvalue weighted by Gasteiger charge is 2.38. The van der Waals surface area contributed by atoms with Crippen molar-refractivity contribution in [1.29, 1.82) is 0 Å². The quantitative estimate of drug-likeness (QED) is 0.668. The molecule has 1 aliphatic rings. The smallest absolute Gasteiger partial charge is 0.322 e. The molecule has 17 heavy (non-hydrogen) atoms. The molecule has 0 saturated carbocycles.